The van der Waals surface area contributed by atoms with Gasteiger partial charge in [-0.15, -0.1) is 0 Å². The lowest BCUT2D eigenvalue weighted by atomic mass is 10.2. The molecule has 0 bridgehead atoms. The van der Waals surface area contributed by atoms with Crippen LogP contribution in [0.3, 0.4) is 0 Å². The first-order chi connectivity index (χ1) is 16.8. The van der Waals surface area contributed by atoms with Gasteiger partial charge in [-0.3, -0.25) is 15.0 Å². The van der Waals surface area contributed by atoms with Crippen LogP contribution in [-0.2, 0) is 0 Å². The number of carbonyl (C=O) groups is 3. The summed E-state index contributed by atoms with van der Waals surface area (Å²) in [5, 5.41) is 8.37. The second-order valence-corrected chi connectivity index (χ2v) is 8.20. The average Bonchev–Trinajstić information content (AvgIpc) is 2.84. The number of imide groups is 1. The summed E-state index contributed by atoms with van der Waals surface area (Å²) in [6.07, 6.45) is 0.771. The van der Waals surface area contributed by atoms with Gasteiger partial charge in [0.25, 0.3) is 5.91 Å². The fourth-order valence-electron chi connectivity index (χ4n) is 3.24. The van der Waals surface area contributed by atoms with Gasteiger partial charge in [-0.05, 0) is 67.1 Å². The normalized spacial score (nSPS) is 10.3. The van der Waals surface area contributed by atoms with E-state index in [0.29, 0.717) is 22.9 Å². The van der Waals surface area contributed by atoms with Crippen molar-refractivity contribution in [3.8, 4) is 5.75 Å². The Labute approximate surface area is 213 Å². The highest BCUT2D eigenvalue weighted by atomic mass is 35.5. The Morgan fingerprint density at radius 3 is 2.11 bits per heavy atom. The van der Waals surface area contributed by atoms with Gasteiger partial charge in [0.05, 0.1) is 12.1 Å². The van der Waals surface area contributed by atoms with Crippen LogP contribution in [0, 0.1) is 0 Å². The molecule has 182 valence electrons. The number of rotatable bonds is 7. The quantitative estimate of drug-likeness (QED) is 0.339. The smallest absolute Gasteiger partial charge is 0.326 e. The summed E-state index contributed by atoms with van der Waals surface area (Å²) >= 11 is 12.0. The number of nitrogens with zero attached hydrogens (tertiary/aromatic N) is 1. The topological polar surface area (TPSA) is 99.8 Å². The zero-order chi connectivity index (χ0) is 25.4. The predicted octanol–water partition coefficient (Wildman–Crippen LogP) is 6.41. The molecule has 0 atom stereocenters. The van der Waals surface area contributed by atoms with Crippen molar-refractivity contribution in [2.45, 2.75) is 13.3 Å². The minimum Gasteiger partial charge on any atom is -0.496 e. The van der Waals surface area contributed by atoms with Gasteiger partial charge >= 0.3 is 12.1 Å². The number of hydrogen-bond acceptors (Lipinski definition) is 4. The number of benzene rings is 3. The van der Waals surface area contributed by atoms with E-state index < -0.39 is 11.9 Å². The van der Waals surface area contributed by atoms with E-state index in [2.05, 4.69) is 16.0 Å². The van der Waals surface area contributed by atoms with Crippen LogP contribution in [0.15, 0.2) is 66.7 Å². The maximum Gasteiger partial charge on any atom is 0.326 e. The van der Waals surface area contributed by atoms with Crippen molar-refractivity contribution in [3.63, 3.8) is 0 Å². The molecule has 35 heavy (non-hydrogen) atoms. The number of carbonyl (C=O) groups excluding carboxylic acids is 3. The first-order valence-corrected chi connectivity index (χ1v) is 11.5. The Balaban J connectivity index is 1.61. The highest BCUT2D eigenvalue weighted by Crippen LogP contribution is 2.26. The van der Waals surface area contributed by atoms with Gasteiger partial charge in [-0.25, -0.2) is 9.59 Å². The highest BCUT2D eigenvalue weighted by Gasteiger charge is 2.19. The summed E-state index contributed by atoms with van der Waals surface area (Å²) in [6.45, 7) is 2.51. The second-order valence-electron chi connectivity index (χ2n) is 7.36. The molecule has 0 aromatic heterocycles. The minimum absolute atomic E-state index is 0.0576. The molecule has 10 heteroatoms. The van der Waals surface area contributed by atoms with Crippen LogP contribution in [-0.4, -0.2) is 31.6 Å². The molecule has 5 amide bonds. The maximum absolute atomic E-state index is 12.8. The standard InChI is InChI=1S/C25H24Cl2N4O4/c1-3-15-31(19-13-7-16(26)8-14-19)25(34)29-18-11-9-17(10-12-18)28-24(33)30-23(32)22-20(27)5-4-6-21(22)35-2/h4-14H,3,15H2,1-2H3,(H,29,34)(H2,28,30,32,33). The van der Waals surface area contributed by atoms with E-state index in [9.17, 15) is 14.4 Å². The molecule has 3 aromatic rings. The third-order valence-electron chi connectivity index (χ3n) is 4.87. The molecule has 0 heterocycles. The molecule has 0 aliphatic carbocycles. The molecular weight excluding hydrogens is 491 g/mol. The van der Waals surface area contributed by atoms with E-state index in [4.69, 9.17) is 27.9 Å². The largest absolute Gasteiger partial charge is 0.496 e. The molecule has 3 rings (SSSR count). The molecule has 3 aromatic carbocycles. The third-order valence-corrected chi connectivity index (χ3v) is 5.44. The molecule has 0 unspecified atom stereocenters. The summed E-state index contributed by atoms with van der Waals surface area (Å²) in [5.74, 6) is -0.453. The molecule has 0 saturated heterocycles. The Bertz CT molecular complexity index is 1200. The van der Waals surface area contributed by atoms with Crippen LogP contribution < -0.4 is 25.6 Å². The van der Waals surface area contributed by atoms with E-state index in [0.717, 1.165) is 12.1 Å². The summed E-state index contributed by atoms with van der Waals surface area (Å²) < 4.78 is 5.14. The molecule has 0 radical (unpaired) electrons. The number of nitrogens with one attached hydrogen (secondary N) is 3. The van der Waals surface area contributed by atoms with Crippen LogP contribution in [0.1, 0.15) is 23.7 Å². The van der Waals surface area contributed by atoms with Crippen LogP contribution >= 0.6 is 23.2 Å². The first-order valence-electron chi connectivity index (χ1n) is 10.7. The molecular formula is C25H24Cl2N4O4. The summed E-state index contributed by atoms with van der Waals surface area (Å²) in [6, 6.07) is 17.2. The van der Waals surface area contributed by atoms with Gasteiger partial charge in [-0.1, -0.05) is 36.2 Å². The number of amides is 5. The number of methoxy groups -OCH3 is 1. The third kappa shape index (κ3) is 6.88. The van der Waals surface area contributed by atoms with E-state index in [-0.39, 0.29) is 22.4 Å². The van der Waals surface area contributed by atoms with Crippen LogP contribution in [0.2, 0.25) is 10.0 Å². The van der Waals surface area contributed by atoms with Crippen molar-refractivity contribution in [2.75, 3.05) is 29.2 Å². The zero-order valence-corrected chi connectivity index (χ0v) is 20.6. The average molecular weight is 515 g/mol. The zero-order valence-electron chi connectivity index (χ0n) is 19.1. The Kier molecular flexibility index (Phi) is 8.94. The minimum atomic E-state index is -0.745. The molecule has 0 spiro atoms. The van der Waals surface area contributed by atoms with Crippen LogP contribution in [0.4, 0.5) is 26.7 Å². The Hall–Kier alpha value is -3.75. The van der Waals surface area contributed by atoms with Gasteiger partial charge in [0.1, 0.15) is 11.3 Å². The van der Waals surface area contributed by atoms with Crippen molar-refractivity contribution in [2.24, 2.45) is 0 Å². The lowest BCUT2D eigenvalue weighted by Gasteiger charge is -2.23. The molecule has 0 aliphatic heterocycles. The molecule has 3 N–H and O–H groups in total. The summed E-state index contributed by atoms with van der Waals surface area (Å²) in [7, 11) is 1.40. The van der Waals surface area contributed by atoms with Crippen molar-refractivity contribution in [1.82, 2.24) is 5.32 Å². The SMILES string of the molecule is CCCN(C(=O)Nc1ccc(NC(=O)NC(=O)c2c(Cl)cccc2OC)cc1)c1ccc(Cl)cc1. The van der Waals surface area contributed by atoms with Gasteiger partial charge in [-0.2, -0.15) is 0 Å². The van der Waals surface area contributed by atoms with E-state index in [1.807, 2.05) is 6.92 Å². The fourth-order valence-corrected chi connectivity index (χ4v) is 3.62. The summed E-state index contributed by atoms with van der Waals surface area (Å²) in [4.78, 5) is 39.2. The number of hydrogen-bond donors (Lipinski definition) is 3. The lowest BCUT2D eigenvalue weighted by Crippen LogP contribution is -2.35. The van der Waals surface area contributed by atoms with Crippen molar-refractivity contribution in [1.29, 1.82) is 0 Å². The van der Waals surface area contributed by atoms with Crippen LogP contribution in [0.25, 0.3) is 0 Å². The first kappa shape index (κ1) is 25.9. The van der Waals surface area contributed by atoms with E-state index >= 15 is 0 Å². The highest BCUT2D eigenvalue weighted by molar-refractivity contribution is 6.34. The number of halogens is 2. The molecule has 0 saturated carbocycles. The van der Waals surface area contributed by atoms with Gasteiger partial charge < -0.3 is 15.4 Å². The summed E-state index contributed by atoms with van der Waals surface area (Å²) in [5.41, 5.74) is 1.74. The number of anilines is 3. The predicted molar refractivity (Wildman–Crippen MR) is 139 cm³/mol. The van der Waals surface area contributed by atoms with Crippen LogP contribution in [0.5, 0.6) is 5.75 Å². The van der Waals surface area contributed by atoms with Crippen molar-refractivity contribution in [3.05, 3.63) is 82.3 Å². The molecule has 0 fully saturated rings. The van der Waals surface area contributed by atoms with Crippen molar-refractivity contribution < 1.29 is 19.1 Å². The maximum atomic E-state index is 12.8. The molecule has 8 nitrogen and oxygen atoms in total. The second kappa shape index (κ2) is 12.1. The Morgan fingerprint density at radius 2 is 1.51 bits per heavy atom. The lowest BCUT2D eigenvalue weighted by molar-refractivity contribution is 0.0964. The molecule has 0 aliphatic rings. The van der Waals surface area contributed by atoms with Gasteiger partial charge in [0, 0.05) is 28.6 Å². The fraction of sp³-hybridized carbons (Fsp3) is 0.160. The monoisotopic (exact) mass is 514 g/mol. The number of urea groups is 2. The van der Waals surface area contributed by atoms with Gasteiger partial charge in [0.15, 0.2) is 0 Å². The van der Waals surface area contributed by atoms with E-state index in [1.165, 1.54) is 13.2 Å². The number of ether oxygens (including phenoxy) is 1. The van der Waals surface area contributed by atoms with E-state index in [1.54, 1.807) is 65.6 Å². The van der Waals surface area contributed by atoms with Gasteiger partial charge in [0.2, 0.25) is 0 Å². The Morgan fingerprint density at radius 1 is 0.886 bits per heavy atom. The van der Waals surface area contributed by atoms with Crippen molar-refractivity contribution >= 4 is 58.2 Å².